The molecular formula is C17H21N3O8S. The van der Waals surface area contributed by atoms with Crippen molar-refractivity contribution in [3.8, 4) is 5.75 Å². The Morgan fingerprint density at radius 2 is 1.76 bits per heavy atom. The molecule has 158 valence electrons. The van der Waals surface area contributed by atoms with Gasteiger partial charge in [0.1, 0.15) is 17.6 Å². The second-order valence-electron chi connectivity index (χ2n) is 5.88. The van der Waals surface area contributed by atoms with Gasteiger partial charge in [-0.2, -0.15) is 12.6 Å². The number of amides is 2. The van der Waals surface area contributed by atoms with Gasteiger partial charge in [-0.25, -0.2) is 4.79 Å². The van der Waals surface area contributed by atoms with Crippen molar-refractivity contribution in [3.05, 3.63) is 34.4 Å². The topological polar surface area (TPSA) is 154 Å². The lowest BCUT2D eigenvalue weighted by molar-refractivity contribution is -0.757. The summed E-state index contributed by atoms with van der Waals surface area (Å²) >= 11 is 4.11. The van der Waals surface area contributed by atoms with E-state index in [0.717, 1.165) is 0 Å². The summed E-state index contributed by atoms with van der Waals surface area (Å²) in [5.74, 6) is -2.14. The number of hydrogen-bond donors (Lipinski definition) is 3. The highest BCUT2D eigenvalue weighted by Gasteiger charge is 2.33. The number of rotatable bonds is 11. The van der Waals surface area contributed by atoms with Gasteiger partial charge in [0.05, 0.1) is 11.9 Å². The van der Waals surface area contributed by atoms with Gasteiger partial charge in [-0.1, -0.05) is 0 Å². The van der Waals surface area contributed by atoms with Crippen LogP contribution in [0.3, 0.4) is 0 Å². The van der Waals surface area contributed by atoms with Crippen molar-refractivity contribution in [2.24, 2.45) is 0 Å². The third-order valence-electron chi connectivity index (χ3n) is 3.42. The molecule has 0 aliphatic carbocycles. The molecule has 2 unspecified atom stereocenters. The van der Waals surface area contributed by atoms with E-state index in [-0.39, 0.29) is 31.1 Å². The van der Waals surface area contributed by atoms with Gasteiger partial charge < -0.3 is 20.2 Å². The minimum Gasteiger partial charge on any atom is -0.425 e. The van der Waals surface area contributed by atoms with E-state index in [1.807, 2.05) is 0 Å². The third-order valence-corrected chi connectivity index (χ3v) is 4.00. The maximum atomic E-state index is 12.5. The summed E-state index contributed by atoms with van der Waals surface area (Å²) in [6.07, 6.45) is -0.0971. The van der Waals surface area contributed by atoms with Crippen molar-refractivity contribution in [1.29, 1.82) is 0 Å². The van der Waals surface area contributed by atoms with Gasteiger partial charge in [0.2, 0.25) is 11.8 Å². The number of carbonyl (C=O) groups is 4. The molecule has 0 spiro atoms. The van der Waals surface area contributed by atoms with Crippen LogP contribution in [-0.4, -0.2) is 46.6 Å². The lowest BCUT2D eigenvalue weighted by Gasteiger charge is -2.21. The van der Waals surface area contributed by atoms with Crippen LogP contribution in [0.1, 0.15) is 26.7 Å². The zero-order valence-electron chi connectivity index (χ0n) is 15.7. The van der Waals surface area contributed by atoms with Crippen molar-refractivity contribution in [3.63, 3.8) is 0 Å². The SMILES string of the molecule is CC(=O)Nc1ccc(OC(=O)C(NC(C)=O)C(S)C(=O)CCCO[N+](=O)[O-])cc1. The van der Waals surface area contributed by atoms with Gasteiger partial charge in [-0.3, -0.25) is 14.4 Å². The van der Waals surface area contributed by atoms with E-state index in [0.29, 0.717) is 5.69 Å². The fourth-order valence-electron chi connectivity index (χ4n) is 2.19. The molecule has 0 radical (unpaired) electrons. The molecule has 1 aromatic carbocycles. The highest BCUT2D eigenvalue weighted by molar-refractivity contribution is 7.82. The number of thiol groups is 1. The number of nitrogens with one attached hydrogen (secondary N) is 2. The Hall–Kier alpha value is -3.15. The number of nitrogens with zero attached hydrogens (tertiary/aromatic N) is 1. The van der Waals surface area contributed by atoms with Crippen molar-refractivity contribution in [2.75, 3.05) is 11.9 Å². The van der Waals surface area contributed by atoms with E-state index in [1.54, 1.807) is 0 Å². The van der Waals surface area contributed by atoms with Crippen molar-refractivity contribution < 1.29 is 33.8 Å². The van der Waals surface area contributed by atoms with E-state index in [1.165, 1.54) is 38.1 Å². The van der Waals surface area contributed by atoms with Gasteiger partial charge in [0.25, 0.3) is 5.09 Å². The Labute approximate surface area is 171 Å². The fourth-order valence-corrected chi connectivity index (χ4v) is 2.52. The lowest BCUT2D eigenvalue weighted by atomic mass is 10.1. The van der Waals surface area contributed by atoms with E-state index in [2.05, 4.69) is 28.1 Å². The molecule has 0 saturated heterocycles. The molecule has 1 rings (SSSR count). The molecule has 12 heteroatoms. The van der Waals surface area contributed by atoms with Crippen LogP contribution in [0.25, 0.3) is 0 Å². The predicted octanol–water partition coefficient (Wildman–Crippen LogP) is 0.911. The lowest BCUT2D eigenvalue weighted by Crippen LogP contribution is -2.50. The molecule has 2 N–H and O–H groups in total. The summed E-state index contributed by atoms with van der Waals surface area (Å²) in [5, 5.41) is 12.8. The maximum absolute atomic E-state index is 12.5. The molecule has 29 heavy (non-hydrogen) atoms. The van der Waals surface area contributed by atoms with Crippen LogP contribution in [0.15, 0.2) is 24.3 Å². The Morgan fingerprint density at radius 1 is 1.14 bits per heavy atom. The largest absolute Gasteiger partial charge is 0.425 e. The van der Waals surface area contributed by atoms with Gasteiger partial charge in [-0.05, 0) is 30.7 Å². The van der Waals surface area contributed by atoms with Crippen LogP contribution < -0.4 is 15.4 Å². The van der Waals surface area contributed by atoms with E-state index in [9.17, 15) is 29.3 Å². The molecule has 0 heterocycles. The molecule has 0 aromatic heterocycles. The average Bonchev–Trinajstić information content (AvgIpc) is 2.63. The summed E-state index contributed by atoms with van der Waals surface area (Å²) in [5.41, 5.74) is 0.495. The number of Topliss-reactive ketones (excluding diaryl/α,β-unsaturated/α-hetero) is 1. The van der Waals surface area contributed by atoms with Crippen molar-refractivity contribution in [2.45, 2.75) is 38.0 Å². The van der Waals surface area contributed by atoms with Crippen LogP contribution in [0.5, 0.6) is 5.75 Å². The summed E-state index contributed by atoms with van der Waals surface area (Å²) in [7, 11) is 0. The maximum Gasteiger partial charge on any atom is 0.335 e. The monoisotopic (exact) mass is 427 g/mol. The Balaban J connectivity index is 2.75. The van der Waals surface area contributed by atoms with Crippen LogP contribution >= 0.6 is 12.6 Å². The number of hydrogen-bond acceptors (Lipinski definition) is 9. The second kappa shape index (κ2) is 11.6. The molecule has 0 aliphatic heterocycles. The predicted molar refractivity (Wildman–Crippen MR) is 104 cm³/mol. The smallest absolute Gasteiger partial charge is 0.335 e. The number of ketones is 1. The quantitative estimate of drug-likeness (QED) is 0.118. The minimum absolute atomic E-state index is 0.0450. The molecule has 0 aliphatic rings. The molecular weight excluding hydrogens is 406 g/mol. The first-order chi connectivity index (χ1) is 13.6. The number of anilines is 1. The first-order valence-electron chi connectivity index (χ1n) is 8.44. The number of benzene rings is 1. The Bertz CT molecular complexity index is 768. The normalized spacial score (nSPS) is 12.2. The van der Waals surface area contributed by atoms with Gasteiger partial charge >= 0.3 is 5.97 Å². The van der Waals surface area contributed by atoms with Crippen LogP contribution in [-0.2, 0) is 24.0 Å². The highest BCUT2D eigenvalue weighted by Crippen LogP contribution is 2.18. The standard InChI is InChI=1S/C17H21N3O8S/c1-10(21)18-12-5-7-13(8-6-12)28-17(24)15(19-11(2)22)16(29)14(23)4-3-9-27-20(25)26/h5-8,15-16,29H,3-4,9H2,1-2H3,(H,18,21)(H,19,22). The first-order valence-corrected chi connectivity index (χ1v) is 8.96. The molecule has 0 saturated carbocycles. The molecule has 2 amide bonds. The molecule has 0 bridgehead atoms. The molecule has 11 nitrogen and oxygen atoms in total. The van der Waals surface area contributed by atoms with Crippen molar-refractivity contribution in [1.82, 2.24) is 5.32 Å². The summed E-state index contributed by atoms with van der Waals surface area (Å²) < 4.78 is 5.18. The van der Waals surface area contributed by atoms with E-state index in [4.69, 9.17) is 4.74 Å². The highest BCUT2D eigenvalue weighted by atomic mass is 32.1. The van der Waals surface area contributed by atoms with Crippen LogP contribution in [0.2, 0.25) is 0 Å². The Morgan fingerprint density at radius 3 is 2.28 bits per heavy atom. The zero-order chi connectivity index (χ0) is 22.0. The average molecular weight is 427 g/mol. The number of carbonyl (C=O) groups excluding carboxylic acids is 4. The van der Waals surface area contributed by atoms with E-state index >= 15 is 0 Å². The number of ether oxygens (including phenoxy) is 1. The van der Waals surface area contributed by atoms with Gasteiger partial charge in [0, 0.05) is 26.0 Å². The minimum atomic E-state index is -1.37. The van der Waals surface area contributed by atoms with Gasteiger partial charge in [0.15, 0.2) is 0 Å². The van der Waals surface area contributed by atoms with Crippen molar-refractivity contribution >= 4 is 41.9 Å². The first kappa shape index (κ1) is 23.9. The number of esters is 1. The van der Waals surface area contributed by atoms with Gasteiger partial charge in [-0.15, -0.1) is 10.1 Å². The summed E-state index contributed by atoms with van der Waals surface area (Å²) in [6, 6.07) is 4.51. The molecule has 1 aromatic rings. The summed E-state index contributed by atoms with van der Waals surface area (Å²) in [4.78, 5) is 61.3. The molecule has 0 fully saturated rings. The summed E-state index contributed by atoms with van der Waals surface area (Å²) in [6.45, 7) is 2.23. The van der Waals surface area contributed by atoms with Crippen LogP contribution in [0, 0.1) is 10.1 Å². The molecule has 2 atom stereocenters. The third kappa shape index (κ3) is 9.06. The second-order valence-corrected chi connectivity index (χ2v) is 6.43. The zero-order valence-corrected chi connectivity index (χ0v) is 16.6. The fraction of sp³-hybridized carbons (Fsp3) is 0.412. The van der Waals surface area contributed by atoms with Crippen LogP contribution in [0.4, 0.5) is 5.69 Å². The Kier molecular flexibility index (Phi) is 9.59. The van der Waals surface area contributed by atoms with E-state index < -0.39 is 34.0 Å².